The quantitative estimate of drug-likeness (QED) is 0.424. The van der Waals surface area contributed by atoms with Crippen molar-refractivity contribution in [2.24, 2.45) is 11.1 Å². The van der Waals surface area contributed by atoms with Crippen molar-refractivity contribution in [3.8, 4) is 0 Å². The maximum absolute atomic E-state index is 12.9. The summed E-state index contributed by atoms with van der Waals surface area (Å²) in [5.74, 6) is -6.80. The molecular formula is C8H10F5NO2. The van der Waals surface area contributed by atoms with Gasteiger partial charge in [-0.3, -0.25) is 0 Å². The number of aliphatic hydroxyl groups excluding tert-OH is 1. The molecule has 0 aromatic rings. The minimum Gasteiger partial charge on any atom is -0.411 e. The molecule has 0 spiro atoms. The molecule has 1 aliphatic rings. The maximum Gasteiger partial charge on any atom is 0.453 e. The van der Waals surface area contributed by atoms with Crippen molar-refractivity contribution in [1.82, 2.24) is 0 Å². The van der Waals surface area contributed by atoms with Crippen molar-refractivity contribution in [1.29, 1.82) is 0 Å². The third kappa shape index (κ3) is 2.26. The van der Waals surface area contributed by atoms with Crippen molar-refractivity contribution in [3.05, 3.63) is 0 Å². The average molecular weight is 247 g/mol. The summed E-state index contributed by atoms with van der Waals surface area (Å²) < 4.78 is 61.8. The molecule has 2 unspecified atom stereocenters. The van der Waals surface area contributed by atoms with Crippen LogP contribution in [0.15, 0.2) is 5.16 Å². The fourth-order valence-corrected chi connectivity index (χ4v) is 1.69. The summed E-state index contributed by atoms with van der Waals surface area (Å²) >= 11 is 0. The second-order valence-electron chi connectivity index (χ2n) is 3.70. The van der Waals surface area contributed by atoms with Crippen LogP contribution in [0.3, 0.4) is 0 Å². The van der Waals surface area contributed by atoms with Crippen LogP contribution in [0.4, 0.5) is 22.0 Å². The smallest absolute Gasteiger partial charge is 0.411 e. The molecule has 1 aliphatic carbocycles. The van der Waals surface area contributed by atoms with E-state index in [-0.39, 0.29) is 12.1 Å². The monoisotopic (exact) mass is 247 g/mol. The molecule has 0 radical (unpaired) electrons. The summed E-state index contributed by atoms with van der Waals surface area (Å²) in [7, 11) is 0. The highest BCUT2D eigenvalue weighted by Gasteiger charge is 2.62. The van der Waals surface area contributed by atoms with Crippen molar-refractivity contribution < 1.29 is 32.3 Å². The lowest BCUT2D eigenvalue weighted by Gasteiger charge is -2.33. The van der Waals surface area contributed by atoms with E-state index >= 15 is 0 Å². The van der Waals surface area contributed by atoms with E-state index < -0.39 is 37.0 Å². The molecule has 0 aromatic carbocycles. The molecule has 2 N–H and O–H groups in total. The van der Waals surface area contributed by atoms with Gasteiger partial charge in [-0.05, 0) is 19.3 Å². The molecular weight excluding hydrogens is 237 g/mol. The van der Waals surface area contributed by atoms with Crippen LogP contribution in [-0.4, -0.2) is 34.2 Å². The lowest BCUT2D eigenvalue weighted by Crippen LogP contribution is -2.47. The summed E-state index contributed by atoms with van der Waals surface area (Å²) in [6.45, 7) is 0. The fourth-order valence-electron chi connectivity index (χ4n) is 1.69. The third-order valence-electron chi connectivity index (χ3n) is 2.66. The van der Waals surface area contributed by atoms with Gasteiger partial charge < -0.3 is 10.3 Å². The van der Waals surface area contributed by atoms with Gasteiger partial charge in [-0.1, -0.05) is 5.16 Å². The number of hydrogen-bond donors (Lipinski definition) is 2. The largest absolute Gasteiger partial charge is 0.453 e. The number of halogens is 5. The van der Waals surface area contributed by atoms with Gasteiger partial charge in [-0.15, -0.1) is 0 Å². The molecule has 94 valence electrons. The maximum atomic E-state index is 12.9. The summed E-state index contributed by atoms with van der Waals surface area (Å²) in [5.41, 5.74) is -0.158. The van der Waals surface area contributed by atoms with Gasteiger partial charge in [-0.2, -0.15) is 22.0 Å². The standard InChI is InChI=1S/C8H10F5NO2/c9-7(10,8(11,12)13)4-1-2-5(14-16)6(15)3-4/h4,6,15-16H,1-3H2. The van der Waals surface area contributed by atoms with Crippen LogP contribution in [0.2, 0.25) is 0 Å². The van der Waals surface area contributed by atoms with Gasteiger partial charge in [0.1, 0.15) is 0 Å². The predicted molar refractivity (Wildman–Crippen MR) is 43.6 cm³/mol. The molecule has 0 amide bonds. The lowest BCUT2D eigenvalue weighted by atomic mass is 9.81. The highest BCUT2D eigenvalue weighted by atomic mass is 19.4. The minimum absolute atomic E-state index is 0.158. The zero-order chi connectivity index (χ0) is 12.6. The molecule has 0 aromatic heterocycles. The van der Waals surface area contributed by atoms with Gasteiger partial charge >= 0.3 is 12.1 Å². The number of aliphatic hydroxyl groups is 1. The van der Waals surface area contributed by atoms with E-state index in [1.54, 1.807) is 0 Å². The molecule has 2 atom stereocenters. The summed E-state index contributed by atoms with van der Waals surface area (Å²) in [4.78, 5) is 0. The van der Waals surface area contributed by atoms with E-state index in [9.17, 15) is 27.1 Å². The Morgan fingerprint density at radius 2 is 1.75 bits per heavy atom. The van der Waals surface area contributed by atoms with Crippen molar-refractivity contribution in [2.45, 2.75) is 37.5 Å². The van der Waals surface area contributed by atoms with E-state index in [1.807, 2.05) is 0 Å². The van der Waals surface area contributed by atoms with Crippen LogP contribution in [0, 0.1) is 5.92 Å². The topological polar surface area (TPSA) is 52.8 Å². The van der Waals surface area contributed by atoms with Gasteiger partial charge in [0.2, 0.25) is 0 Å². The molecule has 16 heavy (non-hydrogen) atoms. The number of oxime groups is 1. The first-order valence-corrected chi connectivity index (χ1v) is 4.53. The van der Waals surface area contributed by atoms with E-state index in [0.717, 1.165) is 0 Å². The van der Waals surface area contributed by atoms with Crippen LogP contribution in [0.25, 0.3) is 0 Å². The number of alkyl halides is 5. The first kappa shape index (κ1) is 13.1. The van der Waals surface area contributed by atoms with Crippen molar-refractivity contribution in [2.75, 3.05) is 0 Å². The third-order valence-corrected chi connectivity index (χ3v) is 2.66. The molecule has 1 saturated carbocycles. The molecule has 0 saturated heterocycles. The predicted octanol–water partition coefficient (Wildman–Crippen LogP) is 2.18. The fraction of sp³-hybridized carbons (Fsp3) is 0.875. The average Bonchev–Trinajstić information content (AvgIpc) is 2.15. The SMILES string of the molecule is ON=C1CCC(C(F)(F)C(F)(F)F)CC1O. The Morgan fingerprint density at radius 3 is 2.12 bits per heavy atom. The van der Waals surface area contributed by atoms with Gasteiger partial charge in [0.05, 0.1) is 11.8 Å². The Morgan fingerprint density at radius 1 is 1.19 bits per heavy atom. The van der Waals surface area contributed by atoms with Crippen LogP contribution in [-0.2, 0) is 0 Å². The van der Waals surface area contributed by atoms with Crippen molar-refractivity contribution >= 4 is 5.71 Å². The number of rotatable bonds is 1. The molecule has 1 fully saturated rings. The minimum atomic E-state index is -5.62. The normalized spacial score (nSPS) is 30.8. The first-order chi connectivity index (χ1) is 7.20. The van der Waals surface area contributed by atoms with E-state index in [2.05, 4.69) is 5.16 Å². The second-order valence-corrected chi connectivity index (χ2v) is 3.70. The second kappa shape index (κ2) is 4.15. The Balaban J connectivity index is 2.79. The lowest BCUT2D eigenvalue weighted by molar-refractivity contribution is -0.305. The first-order valence-electron chi connectivity index (χ1n) is 4.53. The Bertz CT molecular complexity index is 289. The zero-order valence-electron chi connectivity index (χ0n) is 8.01. The number of hydrogen-bond acceptors (Lipinski definition) is 3. The highest BCUT2D eigenvalue weighted by molar-refractivity contribution is 5.88. The Hall–Kier alpha value is -0.920. The summed E-state index contributed by atoms with van der Waals surface area (Å²) in [6, 6.07) is 0. The zero-order valence-corrected chi connectivity index (χ0v) is 8.01. The number of nitrogens with zero attached hydrogens (tertiary/aromatic N) is 1. The van der Waals surface area contributed by atoms with E-state index in [1.165, 1.54) is 0 Å². The van der Waals surface area contributed by atoms with E-state index in [4.69, 9.17) is 5.21 Å². The van der Waals surface area contributed by atoms with Crippen molar-refractivity contribution in [3.63, 3.8) is 0 Å². The van der Waals surface area contributed by atoms with Gasteiger partial charge in [-0.25, -0.2) is 0 Å². The van der Waals surface area contributed by atoms with Crippen LogP contribution in [0.5, 0.6) is 0 Å². The Labute approximate surface area is 87.6 Å². The molecule has 0 heterocycles. The molecule has 8 heteroatoms. The van der Waals surface area contributed by atoms with Gasteiger partial charge in [0.25, 0.3) is 0 Å². The van der Waals surface area contributed by atoms with E-state index in [0.29, 0.717) is 0 Å². The molecule has 1 rings (SSSR count). The summed E-state index contributed by atoms with van der Waals surface area (Å²) in [5, 5.41) is 20.2. The molecule has 0 bridgehead atoms. The van der Waals surface area contributed by atoms with Crippen LogP contribution >= 0.6 is 0 Å². The highest BCUT2D eigenvalue weighted by Crippen LogP contribution is 2.46. The molecule has 3 nitrogen and oxygen atoms in total. The Kier molecular flexibility index (Phi) is 3.41. The van der Waals surface area contributed by atoms with Gasteiger partial charge in [0, 0.05) is 5.92 Å². The van der Waals surface area contributed by atoms with Crippen LogP contribution < -0.4 is 0 Å². The summed E-state index contributed by atoms with van der Waals surface area (Å²) in [6.07, 6.45) is -8.66. The van der Waals surface area contributed by atoms with Gasteiger partial charge in [0.15, 0.2) is 0 Å². The van der Waals surface area contributed by atoms with Crippen LogP contribution in [0.1, 0.15) is 19.3 Å². The molecule has 0 aliphatic heterocycles.